The van der Waals surface area contributed by atoms with Gasteiger partial charge in [-0.1, -0.05) is 0 Å². The molecule has 1 aromatic heterocycles. The molecule has 1 heterocycles. The van der Waals surface area contributed by atoms with Gasteiger partial charge in [-0.15, -0.1) is 0 Å². The first-order valence-electron chi connectivity index (χ1n) is 3.38. The van der Waals surface area contributed by atoms with Crippen LogP contribution in [0.5, 0.6) is 0 Å². The largest absolute Gasteiger partial charge is 0.450 e. The second-order valence-electron chi connectivity index (χ2n) is 2.47. The summed E-state index contributed by atoms with van der Waals surface area (Å²) in [6.07, 6.45) is -7.65. The third-order valence-electron chi connectivity index (χ3n) is 1.40. The maximum atomic E-state index is 11.8. The van der Waals surface area contributed by atoms with Crippen molar-refractivity contribution in [3.63, 3.8) is 0 Å². The van der Waals surface area contributed by atoms with E-state index in [-0.39, 0.29) is 11.0 Å². The number of hydrogen-bond acceptors (Lipinski definition) is 2. The lowest BCUT2D eigenvalue weighted by molar-refractivity contribution is -0.203. The molecule has 0 saturated heterocycles. The smallest absolute Gasteiger partial charge is 0.414 e. The molecule has 0 spiro atoms. The molecule has 0 fully saturated rings. The Morgan fingerprint density at radius 1 is 1.46 bits per heavy atom. The molecule has 0 saturated carbocycles. The van der Waals surface area contributed by atoms with Gasteiger partial charge in [-0.3, -0.25) is 0 Å². The van der Waals surface area contributed by atoms with E-state index in [1.807, 2.05) is 0 Å². The zero-order valence-electron chi connectivity index (χ0n) is 6.31. The highest BCUT2D eigenvalue weighted by Gasteiger charge is 2.38. The van der Waals surface area contributed by atoms with Crippen LogP contribution in [0.2, 0.25) is 5.22 Å². The number of rotatable bonds is 2. The van der Waals surface area contributed by atoms with Crippen LogP contribution in [-0.4, -0.2) is 17.4 Å². The summed E-state index contributed by atoms with van der Waals surface area (Å²) in [6, 6.07) is 2.61. The molecule has 1 rings (SSSR count). The minimum absolute atomic E-state index is 0.00405. The van der Waals surface area contributed by atoms with Gasteiger partial charge < -0.3 is 9.52 Å². The van der Waals surface area contributed by atoms with Crippen molar-refractivity contribution in [1.29, 1.82) is 0 Å². The molecule has 0 aliphatic heterocycles. The molecule has 0 bridgehead atoms. The minimum atomic E-state index is -4.63. The van der Waals surface area contributed by atoms with E-state index in [1.54, 1.807) is 0 Å². The quantitative estimate of drug-likeness (QED) is 0.820. The first kappa shape index (κ1) is 10.4. The second kappa shape index (κ2) is 3.59. The van der Waals surface area contributed by atoms with E-state index in [1.165, 1.54) is 12.1 Å². The standard InChI is InChI=1S/C7H6ClF3O2/c8-6-2-1-4(13-6)3-5(12)7(9,10)11/h1-2,5,12H,3H2. The summed E-state index contributed by atoms with van der Waals surface area (Å²) in [7, 11) is 0. The van der Waals surface area contributed by atoms with Gasteiger partial charge in [-0.2, -0.15) is 13.2 Å². The Hall–Kier alpha value is -0.680. The van der Waals surface area contributed by atoms with Crippen molar-refractivity contribution in [1.82, 2.24) is 0 Å². The van der Waals surface area contributed by atoms with Crippen molar-refractivity contribution in [3.8, 4) is 0 Å². The lowest BCUT2D eigenvalue weighted by Gasteiger charge is -2.12. The number of furan rings is 1. The fourth-order valence-electron chi connectivity index (χ4n) is 0.768. The molecule has 1 unspecified atom stereocenters. The highest BCUT2D eigenvalue weighted by atomic mass is 35.5. The molecule has 1 atom stereocenters. The fourth-order valence-corrected chi connectivity index (χ4v) is 0.930. The van der Waals surface area contributed by atoms with Crippen LogP contribution in [0, 0.1) is 0 Å². The van der Waals surface area contributed by atoms with Gasteiger partial charge in [0, 0.05) is 6.42 Å². The molecule has 0 aliphatic carbocycles. The number of hydrogen-bond donors (Lipinski definition) is 1. The average molecular weight is 215 g/mol. The molecule has 0 radical (unpaired) electrons. The fraction of sp³-hybridized carbons (Fsp3) is 0.429. The number of aliphatic hydroxyl groups is 1. The molecule has 0 amide bonds. The predicted octanol–water partition coefficient (Wildman–Crippen LogP) is 2.40. The van der Waals surface area contributed by atoms with Crippen LogP contribution >= 0.6 is 11.6 Å². The third-order valence-corrected chi connectivity index (χ3v) is 1.60. The summed E-state index contributed by atoms with van der Waals surface area (Å²) >= 11 is 5.33. The summed E-state index contributed by atoms with van der Waals surface area (Å²) in [5, 5.41) is 8.62. The van der Waals surface area contributed by atoms with E-state index in [0.717, 1.165) is 0 Å². The average Bonchev–Trinajstić information content (AvgIpc) is 2.33. The lowest BCUT2D eigenvalue weighted by atomic mass is 10.2. The summed E-state index contributed by atoms with van der Waals surface area (Å²) in [5.41, 5.74) is 0. The summed E-state index contributed by atoms with van der Waals surface area (Å²) in [6.45, 7) is 0. The maximum absolute atomic E-state index is 11.8. The monoisotopic (exact) mass is 214 g/mol. The Labute approximate surface area is 76.9 Å². The first-order valence-corrected chi connectivity index (χ1v) is 3.76. The highest BCUT2D eigenvalue weighted by molar-refractivity contribution is 6.28. The van der Waals surface area contributed by atoms with Gasteiger partial charge in [0.2, 0.25) is 0 Å². The first-order chi connectivity index (χ1) is 5.89. The van der Waals surface area contributed by atoms with Crippen LogP contribution in [0.1, 0.15) is 5.76 Å². The Morgan fingerprint density at radius 2 is 2.08 bits per heavy atom. The van der Waals surface area contributed by atoms with Gasteiger partial charge in [0.25, 0.3) is 0 Å². The molecule has 6 heteroatoms. The van der Waals surface area contributed by atoms with Crippen LogP contribution in [0.3, 0.4) is 0 Å². The molecule has 1 aromatic rings. The van der Waals surface area contributed by atoms with Crippen molar-refractivity contribution in [2.45, 2.75) is 18.7 Å². The Bertz CT molecular complexity index is 282. The Balaban J connectivity index is 2.60. The SMILES string of the molecule is OC(Cc1ccc(Cl)o1)C(F)(F)F. The third kappa shape index (κ3) is 2.93. The summed E-state index contributed by atoms with van der Waals surface area (Å²) in [4.78, 5) is 0. The molecule has 0 aromatic carbocycles. The van der Waals surface area contributed by atoms with Crippen molar-refractivity contribution < 1.29 is 22.7 Å². The van der Waals surface area contributed by atoms with Gasteiger partial charge in [-0.25, -0.2) is 0 Å². The molecule has 2 nitrogen and oxygen atoms in total. The van der Waals surface area contributed by atoms with Gasteiger partial charge in [0.1, 0.15) is 5.76 Å². The van der Waals surface area contributed by atoms with E-state index in [9.17, 15) is 13.2 Å². The zero-order valence-corrected chi connectivity index (χ0v) is 7.06. The maximum Gasteiger partial charge on any atom is 0.414 e. The second-order valence-corrected chi connectivity index (χ2v) is 2.84. The van der Waals surface area contributed by atoms with Crippen molar-refractivity contribution >= 4 is 11.6 Å². The van der Waals surface area contributed by atoms with Gasteiger partial charge >= 0.3 is 6.18 Å². The summed E-state index contributed by atoms with van der Waals surface area (Å²) in [5.74, 6) is 0.00910. The van der Waals surface area contributed by atoms with Crippen LogP contribution in [0.25, 0.3) is 0 Å². The highest BCUT2D eigenvalue weighted by Crippen LogP contribution is 2.24. The predicted molar refractivity (Wildman–Crippen MR) is 39.5 cm³/mol. The normalized spacial score (nSPS) is 14.5. The van der Waals surface area contributed by atoms with Crippen LogP contribution < -0.4 is 0 Å². The Kier molecular flexibility index (Phi) is 2.87. The molecule has 13 heavy (non-hydrogen) atoms. The van der Waals surface area contributed by atoms with Crippen molar-refractivity contribution in [2.75, 3.05) is 0 Å². The topological polar surface area (TPSA) is 33.4 Å². The van der Waals surface area contributed by atoms with E-state index in [4.69, 9.17) is 16.7 Å². The van der Waals surface area contributed by atoms with Crippen LogP contribution in [0.4, 0.5) is 13.2 Å². The van der Waals surface area contributed by atoms with E-state index >= 15 is 0 Å². The van der Waals surface area contributed by atoms with E-state index in [2.05, 4.69) is 4.42 Å². The van der Waals surface area contributed by atoms with E-state index in [0.29, 0.717) is 0 Å². The minimum Gasteiger partial charge on any atom is -0.450 e. The Morgan fingerprint density at radius 3 is 2.46 bits per heavy atom. The zero-order chi connectivity index (χ0) is 10.1. The van der Waals surface area contributed by atoms with Crippen molar-refractivity contribution in [2.24, 2.45) is 0 Å². The number of alkyl halides is 3. The molecule has 1 N–H and O–H groups in total. The van der Waals surface area contributed by atoms with Crippen LogP contribution in [-0.2, 0) is 6.42 Å². The van der Waals surface area contributed by atoms with Gasteiger partial charge in [0.05, 0.1) is 0 Å². The van der Waals surface area contributed by atoms with Gasteiger partial charge in [-0.05, 0) is 23.7 Å². The number of aliphatic hydroxyl groups excluding tert-OH is 1. The van der Waals surface area contributed by atoms with Crippen LogP contribution in [0.15, 0.2) is 16.5 Å². The molecule has 0 aliphatic rings. The molecule has 74 valence electrons. The van der Waals surface area contributed by atoms with Gasteiger partial charge in [0.15, 0.2) is 11.3 Å². The summed E-state index contributed by atoms with van der Waals surface area (Å²) < 4.78 is 40.1. The van der Waals surface area contributed by atoms with Crippen molar-refractivity contribution in [3.05, 3.63) is 23.1 Å². The lowest BCUT2D eigenvalue weighted by Crippen LogP contribution is -2.30. The molecular weight excluding hydrogens is 209 g/mol. The van der Waals surface area contributed by atoms with E-state index < -0.39 is 18.7 Å². The molecular formula is C7H6ClF3O2. The number of halogens is 4.